The second-order valence-corrected chi connectivity index (χ2v) is 8.44. The standard InChI is InChI=1S/C23H23N5O4/c29-23(25-16-1-4-19-20(13-16)31-10-9-30-19)28-17-2-3-18(28)12-15(11-17)22-26-21(27-32-22)14-5-7-24-8-6-14/h1,4-8,13,15,17-18H,2-3,9-12H2,(H,25,29)/t15?,17-,18+. The van der Waals surface area contributed by atoms with Crippen molar-refractivity contribution in [1.29, 1.82) is 0 Å². The normalized spacial score (nSPS) is 23.8. The summed E-state index contributed by atoms with van der Waals surface area (Å²) in [6.45, 7) is 1.06. The van der Waals surface area contributed by atoms with Crippen molar-refractivity contribution in [1.82, 2.24) is 20.0 Å². The third-order valence-corrected chi connectivity index (χ3v) is 6.49. The van der Waals surface area contributed by atoms with Crippen molar-refractivity contribution in [3.8, 4) is 22.9 Å². The van der Waals surface area contributed by atoms with Crippen molar-refractivity contribution in [3.63, 3.8) is 0 Å². The first-order valence-electron chi connectivity index (χ1n) is 11.0. The minimum Gasteiger partial charge on any atom is -0.486 e. The highest BCUT2D eigenvalue weighted by atomic mass is 16.6. The van der Waals surface area contributed by atoms with Crippen LogP contribution in [0.4, 0.5) is 10.5 Å². The maximum Gasteiger partial charge on any atom is 0.322 e. The SMILES string of the molecule is O=C(Nc1ccc2c(c1)OCCO2)N1[C@@H]2CC[C@H]1CC(c1nc(-c3ccncc3)no1)C2. The molecule has 164 valence electrons. The number of aromatic nitrogens is 3. The van der Waals surface area contributed by atoms with Crippen molar-refractivity contribution in [2.45, 2.75) is 43.7 Å². The van der Waals surface area contributed by atoms with Crippen LogP contribution in [0.25, 0.3) is 11.4 Å². The Balaban J connectivity index is 1.14. The van der Waals surface area contributed by atoms with Gasteiger partial charge in [0.15, 0.2) is 11.5 Å². The summed E-state index contributed by atoms with van der Waals surface area (Å²) in [4.78, 5) is 23.8. The molecule has 1 unspecified atom stereocenters. The third-order valence-electron chi connectivity index (χ3n) is 6.49. The monoisotopic (exact) mass is 433 g/mol. The number of nitrogens with one attached hydrogen (secondary N) is 1. The molecule has 0 spiro atoms. The number of benzene rings is 1. The lowest BCUT2D eigenvalue weighted by Gasteiger charge is -2.37. The number of urea groups is 1. The zero-order chi connectivity index (χ0) is 21.5. The molecule has 1 aromatic carbocycles. The second kappa shape index (κ2) is 7.81. The van der Waals surface area contributed by atoms with Gasteiger partial charge in [0.05, 0.1) is 0 Å². The molecule has 2 saturated heterocycles. The number of anilines is 1. The largest absolute Gasteiger partial charge is 0.486 e. The van der Waals surface area contributed by atoms with E-state index in [-0.39, 0.29) is 24.0 Å². The Morgan fingerprint density at radius 1 is 1.00 bits per heavy atom. The van der Waals surface area contributed by atoms with Crippen LogP contribution in [0, 0.1) is 0 Å². The number of carbonyl (C=O) groups excluding carboxylic acids is 1. The van der Waals surface area contributed by atoms with Gasteiger partial charge in [0.1, 0.15) is 13.2 Å². The molecule has 3 aliphatic rings. The topological polar surface area (TPSA) is 103 Å². The molecule has 5 heterocycles. The lowest BCUT2D eigenvalue weighted by atomic mass is 9.91. The van der Waals surface area contributed by atoms with Crippen molar-refractivity contribution in [3.05, 3.63) is 48.6 Å². The Kier molecular flexibility index (Phi) is 4.66. The summed E-state index contributed by atoms with van der Waals surface area (Å²) in [6.07, 6.45) is 7.04. The van der Waals surface area contributed by atoms with Crippen molar-refractivity contribution < 1.29 is 18.8 Å². The van der Waals surface area contributed by atoms with Gasteiger partial charge >= 0.3 is 6.03 Å². The molecule has 9 heteroatoms. The van der Waals surface area contributed by atoms with E-state index in [2.05, 4.69) is 20.4 Å². The number of hydrogen-bond donors (Lipinski definition) is 1. The van der Waals surface area contributed by atoms with Crippen LogP contribution in [0.3, 0.4) is 0 Å². The molecule has 2 amide bonds. The first kappa shape index (κ1) is 19.1. The quantitative estimate of drug-likeness (QED) is 0.669. The minimum atomic E-state index is -0.0735. The summed E-state index contributed by atoms with van der Waals surface area (Å²) in [5.41, 5.74) is 1.59. The summed E-state index contributed by atoms with van der Waals surface area (Å²) in [7, 11) is 0. The average Bonchev–Trinajstić information content (AvgIpc) is 3.42. The minimum absolute atomic E-state index is 0.0735. The molecule has 9 nitrogen and oxygen atoms in total. The maximum absolute atomic E-state index is 13.1. The van der Waals surface area contributed by atoms with Crippen molar-refractivity contribution >= 4 is 11.7 Å². The van der Waals surface area contributed by atoms with Crippen LogP contribution in [0.15, 0.2) is 47.2 Å². The fourth-order valence-corrected chi connectivity index (χ4v) is 5.04. The molecule has 3 aromatic rings. The van der Waals surface area contributed by atoms with Crippen LogP contribution in [0.1, 0.15) is 37.5 Å². The fourth-order valence-electron chi connectivity index (χ4n) is 5.04. The maximum atomic E-state index is 13.1. The number of pyridine rings is 1. The van der Waals surface area contributed by atoms with Gasteiger partial charge in [-0.25, -0.2) is 4.79 Å². The molecule has 3 aliphatic heterocycles. The molecule has 0 aliphatic carbocycles. The van der Waals surface area contributed by atoms with Gasteiger partial charge in [-0.2, -0.15) is 4.98 Å². The van der Waals surface area contributed by atoms with Crippen LogP contribution >= 0.6 is 0 Å². The molecule has 6 rings (SSSR count). The smallest absolute Gasteiger partial charge is 0.322 e. The van der Waals surface area contributed by atoms with Crippen LogP contribution < -0.4 is 14.8 Å². The number of carbonyl (C=O) groups is 1. The van der Waals surface area contributed by atoms with Gasteiger partial charge < -0.3 is 24.2 Å². The van der Waals surface area contributed by atoms with E-state index < -0.39 is 0 Å². The highest BCUT2D eigenvalue weighted by molar-refractivity contribution is 5.90. The van der Waals surface area contributed by atoms with Gasteiger partial charge in [-0.1, -0.05) is 5.16 Å². The number of hydrogen-bond acceptors (Lipinski definition) is 7. The van der Waals surface area contributed by atoms with E-state index in [1.54, 1.807) is 12.4 Å². The average molecular weight is 433 g/mol. The molecule has 0 saturated carbocycles. The molecule has 2 fully saturated rings. The highest BCUT2D eigenvalue weighted by Crippen LogP contribution is 2.43. The zero-order valence-electron chi connectivity index (χ0n) is 17.4. The summed E-state index contributed by atoms with van der Waals surface area (Å²) >= 11 is 0. The predicted octanol–water partition coefficient (Wildman–Crippen LogP) is 3.85. The second-order valence-electron chi connectivity index (χ2n) is 8.44. The van der Waals surface area contributed by atoms with E-state index in [0.29, 0.717) is 42.1 Å². The van der Waals surface area contributed by atoms with E-state index in [4.69, 9.17) is 14.0 Å². The number of rotatable bonds is 3. The van der Waals surface area contributed by atoms with E-state index in [0.717, 1.165) is 31.2 Å². The summed E-state index contributed by atoms with van der Waals surface area (Å²) < 4.78 is 16.8. The van der Waals surface area contributed by atoms with Crippen LogP contribution in [0.5, 0.6) is 11.5 Å². The van der Waals surface area contributed by atoms with Gasteiger partial charge in [-0.15, -0.1) is 0 Å². The third kappa shape index (κ3) is 3.43. The first-order valence-corrected chi connectivity index (χ1v) is 11.0. The van der Waals surface area contributed by atoms with Gasteiger partial charge in [-0.05, 0) is 49.9 Å². The Morgan fingerprint density at radius 3 is 2.53 bits per heavy atom. The molecule has 1 N–H and O–H groups in total. The van der Waals surface area contributed by atoms with Crippen molar-refractivity contribution in [2.75, 3.05) is 18.5 Å². The predicted molar refractivity (Wildman–Crippen MR) is 115 cm³/mol. The zero-order valence-corrected chi connectivity index (χ0v) is 17.4. The Morgan fingerprint density at radius 2 is 1.75 bits per heavy atom. The van der Waals surface area contributed by atoms with Crippen LogP contribution in [-0.2, 0) is 0 Å². The fraction of sp³-hybridized carbons (Fsp3) is 0.391. The van der Waals surface area contributed by atoms with Crippen LogP contribution in [0.2, 0.25) is 0 Å². The Bertz CT molecular complexity index is 1120. The van der Waals surface area contributed by atoms with Gasteiger partial charge in [-0.3, -0.25) is 4.98 Å². The summed E-state index contributed by atoms with van der Waals surface area (Å²) in [5.74, 6) is 2.76. The van der Waals surface area contributed by atoms with E-state index >= 15 is 0 Å². The van der Waals surface area contributed by atoms with Gasteiger partial charge in [0.25, 0.3) is 0 Å². The molecule has 32 heavy (non-hydrogen) atoms. The number of fused-ring (bicyclic) bond motifs is 3. The molecule has 0 radical (unpaired) electrons. The lowest BCUT2D eigenvalue weighted by molar-refractivity contribution is 0.140. The lowest BCUT2D eigenvalue weighted by Crippen LogP contribution is -2.48. The summed E-state index contributed by atoms with van der Waals surface area (Å²) in [5, 5.41) is 7.19. The molecule has 2 bridgehead atoms. The molecule has 3 atom stereocenters. The van der Waals surface area contributed by atoms with Gasteiger partial charge in [0.2, 0.25) is 11.7 Å². The number of nitrogens with zero attached hydrogens (tertiary/aromatic N) is 4. The van der Waals surface area contributed by atoms with Crippen molar-refractivity contribution in [2.24, 2.45) is 0 Å². The molecule has 2 aromatic heterocycles. The highest BCUT2D eigenvalue weighted by Gasteiger charge is 2.45. The summed E-state index contributed by atoms with van der Waals surface area (Å²) in [6, 6.07) is 9.47. The van der Waals surface area contributed by atoms with Gasteiger partial charge in [0, 0.05) is 47.7 Å². The number of ether oxygens (including phenoxy) is 2. The van der Waals surface area contributed by atoms with Crippen LogP contribution in [-0.4, -0.2) is 51.4 Å². The number of piperidine rings is 1. The van der Waals surface area contributed by atoms with E-state index in [1.807, 2.05) is 35.2 Å². The first-order chi connectivity index (χ1) is 15.7. The van der Waals surface area contributed by atoms with E-state index in [1.165, 1.54) is 0 Å². The number of amides is 2. The Labute approximate surface area is 184 Å². The Hall–Kier alpha value is -3.62. The van der Waals surface area contributed by atoms with E-state index in [9.17, 15) is 4.79 Å². The molecular formula is C23H23N5O4. The molecular weight excluding hydrogens is 410 g/mol.